The largest absolute Gasteiger partial charge is 0.490 e. The highest BCUT2D eigenvalue weighted by Crippen LogP contribution is 2.30. The number of alkyl halides is 2. The number of carbonyl (C=O) groups excluding carboxylic acids is 1. The van der Waals surface area contributed by atoms with Gasteiger partial charge in [0.15, 0.2) is 16.6 Å². The summed E-state index contributed by atoms with van der Waals surface area (Å²) in [5.41, 5.74) is 0.262. The van der Waals surface area contributed by atoms with Gasteiger partial charge in [0, 0.05) is 16.6 Å². The SMILES string of the molecule is CCOc1cc(C(=O)Nc2ncc(C)s2)ccc1OC(F)F. The smallest absolute Gasteiger partial charge is 0.387 e. The van der Waals surface area contributed by atoms with Crippen LogP contribution in [0.15, 0.2) is 24.4 Å². The summed E-state index contributed by atoms with van der Waals surface area (Å²) in [7, 11) is 0. The van der Waals surface area contributed by atoms with Gasteiger partial charge in [0.05, 0.1) is 6.61 Å². The van der Waals surface area contributed by atoms with Crippen molar-refractivity contribution in [3.05, 3.63) is 34.8 Å². The number of halogens is 2. The zero-order valence-corrected chi connectivity index (χ0v) is 12.7. The molecule has 2 aromatic rings. The van der Waals surface area contributed by atoms with Gasteiger partial charge in [0.2, 0.25) is 0 Å². The summed E-state index contributed by atoms with van der Waals surface area (Å²) in [4.78, 5) is 17.1. The molecule has 0 atom stereocenters. The maximum absolute atomic E-state index is 12.3. The van der Waals surface area contributed by atoms with Crippen molar-refractivity contribution in [3.63, 3.8) is 0 Å². The molecule has 0 aliphatic rings. The van der Waals surface area contributed by atoms with Crippen LogP contribution in [-0.4, -0.2) is 24.1 Å². The zero-order valence-electron chi connectivity index (χ0n) is 11.9. The molecule has 1 N–H and O–H groups in total. The quantitative estimate of drug-likeness (QED) is 0.878. The van der Waals surface area contributed by atoms with Crippen molar-refractivity contribution < 1.29 is 23.0 Å². The van der Waals surface area contributed by atoms with Crippen molar-refractivity contribution in [1.29, 1.82) is 0 Å². The first-order valence-electron chi connectivity index (χ1n) is 6.45. The first kappa shape index (κ1) is 16.2. The van der Waals surface area contributed by atoms with Gasteiger partial charge in [-0.05, 0) is 32.0 Å². The summed E-state index contributed by atoms with van der Waals surface area (Å²) in [5.74, 6) is -0.428. The molecule has 0 unspecified atom stereocenters. The minimum Gasteiger partial charge on any atom is -0.490 e. The summed E-state index contributed by atoms with van der Waals surface area (Å²) in [6.07, 6.45) is 1.64. The highest BCUT2D eigenvalue weighted by atomic mass is 32.1. The molecule has 0 spiro atoms. The topological polar surface area (TPSA) is 60.5 Å². The fraction of sp³-hybridized carbons (Fsp3) is 0.286. The number of carbonyl (C=O) groups is 1. The molecule has 1 aromatic heterocycles. The third kappa shape index (κ3) is 4.14. The van der Waals surface area contributed by atoms with E-state index < -0.39 is 12.5 Å². The zero-order chi connectivity index (χ0) is 16.1. The molecular formula is C14H14F2N2O3S. The van der Waals surface area contributed by atoms with E-state index in [4.69, 9.17) is 4.74 Å². The van der Waals surface area contributed by atoms with Crippen molar-refractivity contribution in [2.45, 2.75) is 20.5 Å². The Morgan fingerprint density at radius 1 is 1.41 bits per heavy atom. The van der Waals surface area contributed by atoms with Gasteiger partial charge < -0.3 is 9.47 Å². The standard InChI is InChI=1S/C14H14F2N2O3S/c1-3-20-11-6-9(4-5-10(11)21-13(15)16)12(19)18-14-17-7-8(2)22-14/h4-7,13H,3H2,1-2H3,(H,17,18,19). The van der Waals surface area contributed by atoms with Gasteiger partial charge in [-0.15, -0.1) is 11.3 Å². The number of amides is 1. The molecule has 5 nitrogen and oxygen atoms in total. The van der Waals surface area contributed by atoms with Gasteiger partial charge in [0.1, 0.15) is 0 Å². The second-order valence-electron chi connectivity index (χ2n) is 4.20. The summed E-state index contributed by atoms with van der Waals surface area (Å²) in [6.45, 7) is 0.877. The van der Waals surface area contributed by atoms with E-state index in [0.717, 1.165) is 4.88 Å². The maximum atomic E-state index is 12.3. The van der Waals surface area contributed by atoms with E-state index in [9.17, 15) is 13.6 Å². The molecule has 0 aliphatic heterocycles. The first-order valence-corrected chi connectivity index (χ1v) is 7.26. The van der Waals surface area contributed by atoms with E-state index in [1.165, 1.54) is 29.5 Å². The number of rotatable bonds is 6. The number of ether oxygens (including phenoxy) is 2. The predicted octanol–water partition coefficient (Wildman–Crippen LogP) is 3.70. The van der Waals surface area contributed by atoms with Gasteiger partial charge in [0.25, 0.3) is 5.91 Å². The Morgan fingerprint density at radius 2 is 2.18 bits per heavy atom. The molecule has 2 rings (SSSR count). The van der Waals surface area contributed by atoms with Gasteiger partial charge in [-0.3, -0.25) is 10.1 Å². The summed E-state index contributed by atoms with van der Waals surface area (Å²) < 4.78 is 34.2. The first-order chi connectivity index (χ1) is 10.5. The van der Waals surface area contributed by atoms with E-state index in [1.54, 1.807) is 13.1 Å². The van der Waals surface area contributed by atoms with Crippen LogP contribution in [0.25, 0.3) is 0 Å². The molecule has 118 valence electrons. The highest BCUT2D eigenvalue weighted by Gasteiger charge is 2.15. The molecule has 0 saturated heterocycles. The van der Waals surface area contributed by atoms with Crippen molar-refractivity contribution in [3.8, 4) is 11.5 Å². The molecule has 0 fully saturated rings. The normalized spacial score (nSPS) is 10.6. The summed E-state index contributed by atoms with van der Waals surface area (Å²) in [5, 5.41) is 3.10. The molecule has 1 amide bonds. The molecule has 0 bridgehead atoms. The fourth-order valence-corrected chi connectivity index (χ4v) is 2.35. The van der Waals surface area contributed by atoms with Crippen LogP contribution in [0, 0.1) is 6.92 Å². The number of anilines is 1. The molecule has 8 heteroatoms. The monoisotopic (exact) mass is 328 g/mol. The lowest BCUT2D eigenvalue weighted by molar-refractivity contribution is -0.0514. The number of hydrogen-bond donors (Lipinski definition) is 1. The lowest BCUT2D eigenvalue weighted by atomic mass is 10.2. The Hall–Kier alpha value is -2.22. The third-order valence-electron chi connectivity index (χ3n) is 2.56. The van der Waals surface area contributed by atoms with E-state index in [-0.39, 0.29) is 23.7 Å². The van der Waals surface area contributed by atoms with Gasteiger partial charge in [-0.25, -0.2) is 4.98 Å². The molecule has 1 aromatic carbocycles. The Bertz CT molecular complexity index is 661. The van der Waals surface area contributed by atoms with Crippen LogP contribution >= 0.6 is 11.3 Å². The fourth-order valence-electron chi connectivity index (χ4n) is 1.69. The van der Waals surface area contributed by atoms with Crippen molar-refractivity contribution in [1.82, 2.24) is 4.98 Å². The Balaban J connectivity index is 2.19. The number of aryl methyl sites for hydroxylation is 1. The summed E-state index contributed by atoms with van der Waals surface area (Å²) >= 11 is 1.34. The number of hydrogen-bond acceptors (Lipinski definition) is 5. The number of nitrogens with one attached hydrogen (secondary N) is 1. The van der Waals surface area contributed by atoms with Crippen LogP contribution in [0.2, 0.25) is 0 Å². The van der Waals surface area contributed by atoms with Crippen LogP contribution < -0.4 is 14.8 Å². The van der Waals surface area contributed by atoms with Gasteiger partial charge in [-0.2, -0.15) is 8.78 Å². The average Bonchev–Trinajstić information content (AvgIpc) is 2.85. The molecule has 0 saturated carbocycles. The maximum Gasteiger partial charge on any atom is 0.387 e. The molecule has 0 radical (unpaired) electrons. The van der Waals surface area contributed by atoms with Crippen molar-refractivity contribution >= 4 is 22.4 Å². The van der Waals surface area contributed by atoms with Crippen LogP contribution in [-0.2, 0) is 0 Å². The van der Waals surface area contributed by atoms with Crippen LogP contribution in [0.3, 0.4) is 0 Å². The second kappa shape index (κ2) is 7.17. The summed E-state index contributed by atoms with van der Waals surface area (Å²) in [6, 6.07) is 4.02. The van der Waals surface area contributed by atoms with E-state index in [0.29, 0.717) is 5.13 Å². The van der Waals surface area contributed by atoms with E-state index >= 15 is 0 Å². The predicted molar refractivity (Wildman–Crippen MR) is 79.0 cm³/mol. The number of benzene rings is 1. The van der Waals surface area contributed by atoms with Crippen LogP contribution in [0.5, 0.6) is 11.5 Å². The molecular weight excluding hydrogens is 314 g/mol. The van der Waals surface area contributed by atoms with E-state index in [2.05, 4.69) is 15.0 Å². The Morgan fingerprint density at radius 3 is 2.77 bits per heavy atom. The number of nitrogens with zero attached hydrogens (tertiary/aromatic N) is 1. The minimum absolute atomic E-state index is 0.0887. The Labute approximate surface area is 129 Å². The third-order valence-corrected chi connectivity index (χ3v) is 3.39. The van der Waals surface area contributed by atoms with E-state index in [1.807, 2.05) is 6.92 Å². The molecule has 1 heterocycles. The van der Waals surface area contributed by atoms with Crippen molar-refractivity contribution in [2.75, 3.05) is 11.9 Å². The minimum atomic E-state index is -2.96. The average molecular weight is 328 g/mol. The molecule has 0 aliphatic carbocycles. The Kier molecular flexibility index (Phi) is 5.26. The molecule has 22 heavy (non-hydrogen) atoms. The van der Waals surface area contributed by atoms with Crippen LogP contribution in [0.4, 0.5) is 13.9 Å². The number of aromatic nitrogens is 1. The van der Waals surface area contributed by atoms with Gasteiger partial charge in [-0.1, -0.05) is 0 Å². The second-order valence-corrected chi connectivity index (χ2v) is 5.44. The van der Waals surface area contributed by atoms with Gasteiger partial charge >= 0.3 is 6.61 Å². The number of thiazole rings is 1. The highest BCUT2D eigenvalue weighted by molar-refractivity contribution is 7.15. The van der Waals surface area contributed by atoms with Crippen LogP contribution in [0.1, 0.15) is 22.2 Å². The lowest BCUT2D eigenvalue weighted by Gasteiger charge is -2.12. The lowest BCUT2D eigenvalue weighted by Crippen LogP contribution is -2.12. The van der Waals surface area contributed by atoms with Crippen molar-refractivity contribution in [2.24, 2.45) is 0 Å².